The van der Waals surface area contributed by atoms with Crippen molar-refractivity contribution in [2.24, 2.45) is 0 Å². The molecular formula is C13H18ClN5. The molecule has 0 bridgehead atoms. The summed E-state index contributed by atoms with van der Waals surface area (Å²) < 4.78 is 1.81. The smallest absolute Gasteiger partial charge is 0.255 e. The molecule has 0 amide bonds. The molecule has 2 atom stereocenters. The maximum Gasteiger partial charge on any atom is 0.255 e. The van der Waals surface area contributed by atoms with Crippen molar-refractivity contribution in [2.45, 2.75) is 52.1 Å². The number of rotatable bonds is 2. The van der Waals surface area contributed by atoms with Crippen LogP contribution in [-0.4, -0.2) is 31.7 Å². The summed E-state index contributed by atoms with van der Waals surface area (Å²) in [7, 11) is 0. The molecule has 2 aromatic rings. The van der Waals surface area contributed by atoms with Crippen LogP contribution in [0.2, 0.25) is 5.15 Å². The molecule has 1 aliphatic rings. The minimum Gasteiger partial charge on any atom is -0.350 e. The van der Waals surface area contributed by atoms with E-state index in [0.717, 1.165) is 17.8 Å². The number of fused-ring (bicyclic) bond motifs is 1. The van der Waals surface area contributed by atoms with E-state index in [1.165, 1.54) is 19.2 Å². The zero-order valence-corrected chi connectivity index (χ0v) is 12.2. The normalized spacial score (nSPS) is 23.5. The van der Waals surface area contributed by atoms with Gasteiger partial charge in [-0.05, 0) is 33.1 Å². The Balaban J connectivity index is 2.23. The van der Waals surface area contributed by atoms with Crippen LogP contribution in [0.1, 0.15) is 38.7 Å². The summed E-state index contributed by atoms with van der Waals surface area (Å²) in [4.78, 5) is 10.9. The van der Waals surface area contributed by atoms with E-state index in [9.17, 15) is 0 Å². The lowest BCUT2D eigenvalue weighted by molar-refractivity contribution is 0.610. The van der Waals surface area contributed by atoms with Gasteiger partial charge < -0.3 is 4.90 Å². The van der Waals surface area contributed by atoms with Gasteiger partial charge in [0, 0.05) is 17.6 Å². The number of aromatic nitrogens is 4. The molecule has 0 spiro atoms. The van der Waals surface area contributed by atoms with Gasteiger partial charge in [0.1, 0.15) is 17.3 Å². The molecule has 0 aromatic carbocycles. The van der Waals surface area contributed by atoms with Crippen LogP contribution in [0.25, 0.3) is 5.78 Å². The summed E-state index contributed by atoms with van der Waals surface area (Å²) in [5.74, 6) is 1.61. The predicted molar refractivity (Wildman–Crippen MR) is 75.8 cm³/mol. The van der Waals surface area contributed by atoms with Gasteiger partial charge in [0.25, 0.3) is 5.78 Å². The van der Waals surface area contributed by atoms with E-state index in [2.05, 4.69) is 33.8 Å². The van der Waals surface area contributed by atoms with Gasteiger partial charge in [-0.3, -0.25) is 0 Å². The van der Waals surface area contributed by atoms with Gasteiger partial charge in [-0.2, -0.15) is 19.6 Å². The van der Waals surface area contributed by atoms with Crippen LogP contribution in [0.15, 0.2) is 6.33 Å². The average molecular weight is 280 g/mol. The second-order valence-corrected chi connectivity index (χ2v) is 5.58. The van der Waals surface area contributed by atoms with E-state index >= 15 is 0 Å². The Labute approximate surface area is 117 Å². The largest absolute Gasteiger partial charge is 0.350 e. The van der Waals surface area contributed by atoms with Crippen molar-refractivity contribution in [1.82, 2.24) is 19.6 Å². The first-order valence-electron chi connectivity index (χ1n) is 6.77. The third-order valence-electron chi connectivity index (χ3n) is 4.08. The van der Waals surface area contributed by atoms with E-state index < -0.39 is 0 Å². The van der Waals surface area contributed by atoms with E-state index in [0.29, 0.717) is 23.0 Å². The lowest BCUT2D eigenvalue weighted by Gasteiger charge is -2.31. The quantitative estimate of drug-likeness (QED) is 0.793. The predicted octanol–water partition coefficient (Wildman–Crippen LogP) is 2.85. The molecule has 2 aromatic heterocycles. The standard InChI is InChI=1S/C13H18ClN5/c1-4-10-6-5-8(2)18(10)12-9(3)11(14)17-13-15-7-16-19(12)13/h7-8,10H,4-6H2,1-3H3. The zero-order valence-electron chi connectivity index (χ0n) is 11.5. The lowest BCUT2D eigenvalue weighted by atomic mass is 10.1. The minimum atomic E-state index is 0.495. The Morgan fingerprint density at radius 3 is 2.95 bits per heavy atom. The molecule has 19 heavy (non-hydrogen) atoms. The first-order valence-corrected chi connectivity index (χ1v) is 7.15. The number of nitrogens with zero attached hydrogens (tertiary/aromatic N) is 5. The Kier molecular flexibility index (Phi) is 3.09. The Hall–Kier alpha value is -1.36. The van der Waals surface area contributed by atoms with E-state index in [4.69, 9.17) is 11.6 Å². The number of hydrogen-bond donors (Lipinski definition) is 0. The van der Waals surface area contributed by atoms with E-state index in [1.807, 2.05) is 11.4 Å². The molecule has 102 valence electrons. The minimum absolute atomic E-state index is 0.495. The summed E-state index contributed by atoms with van der Waals surface area (Å²) in [6, 6.07) is 1.04. The third-order valence-corrected chi connectivity index (χ3v) is 4.44. The van der Waals surface area contributed by atoms with Crippen molar-refractivity contribution >= 4 is 23.2 Å². The summed E-state index contributed by atoms with van der Waals surface area (Å²) in [5, 5.41) is 4.83. The number of anilines is 1. The van der Waals surface area contributed by atoms with Gasteiger partial charge in [-0.15, -0.1) is 0 Å². The topological polar surface area (TPSA) is 46.3 Å². The van der Waals surface area contributed by atoms with Crippen LogP contribution < -0.4 is 4.90 Å². The van der Waals surface area contributed by atoms with Crippen LogP contribution in [0, 0.1) is 6.92 Å². The van der Waals surface area contributed by atoms with Gasteiger partial charge >= 0.3 is 0 Å². The van der Waals surface area contributed by atoms with Crippen LogP contribution in [-0.2, 0) is 0 Å². The molecular weight excluding hydrogens is 262 g/mol. The lowest BCUT2D eigenvalue weighted by Crippen LogP contribution is -2.36. The monoisotopic (exact) mass is 279 g/mol. The SMILES string of the molecule is CCC1CCC(C)N1c1c(C)c(Cl)nc2ncnn12. The first kappa shape index (κ1) is 12.7. The third kappa shape index (κ3) is 1.87. The highest BCUT2D eigenvalue weighted by Crippen LogP contribution is 2.35. The van der Waals surface area contributed by atoms with Crippen molar-refractivity contribution in [2.75, 3.05) is 4.90 Å². The summed E-state index contributed by atoms with van der Waals surface area (Å²) in [5.41, 5.74) is 0.979. The first-order chi connectivity index (χ1) is 9.13. The second-order valence-electron chi connectivity index (χ2n) is 5.22. The molecule has 2 unspecified atom stereocenters. The van der Waals surface area contributed by atoms with Crippen molar-refractivity contribution in [3.8, 4) is 0 Å². The summed E-state index contributed by atoms with van der Waals surface area (Å²) in [6.07, 6.45) is 5.07. The molecule has 1 fully saturated rings. The van der Waals surface area contributed by atoms with Crippen molar-refractivity contribution in [1.29, 1.82) is 0 Å². The van der Waals surface area contributed by atoms with Crippen molar-refractivity contribution in [3.05, 3.63) is 17.0 Å². The number of halogens is 1. The molecule has 1 saturated heterocycles. The molecule has 3 rings (SSSR count). The Bertz CT molecular complexity index is 608. The maximum absolute atomic E-state index is 6.25. The highest BCUT2D eigenvalue weighted by molar-refractivity contribution is 6.30. The molecule has 0 radical (unpaired) electrons. The van der Waals surface area contributed by atoms with Crippen LogP contribution in [0.5, 0.6) is 0 Å². The highest BCUT2D eigenvalue weighted by atomic mass is 35.5. The average Bonchev–Trinajstić information content (AvgIpc) is 2.98. The summed E-state index contributed by atoms with van der Waals surface area (Å²) in [6.45, 7) is 6.49. The molecule has 0 saturated carbocycles. The van der Waals surface area contributed by atoms with Gasteiger partial charge in [0.2, 0.25) is 0 Å². The molecule has 0 aliphatic carbocycles. The molecule has 3 heterocycles. The van der Waals surface area contributed by atoms with E-state index in [-0.39, 0.29) is 0 Å². The maximum atomic E-state index is 6.25. The fraction of sp³-hybridized carbons (Fsp3) is 0.615. The molecule has 6 heteroatoms. The van der Waals surface area contributed by atoms with E-state index in [1.54, 1.807) is 0 Å². The molecule has 5 nitrogen and oxygen atoms in total. The van der Waals surface area contributed by atoms with Crippen LogP contribution in [0.4, 0.5) is 5.82 Å². The summed E-state index contributed by atoms with van der Waals surface area (Å²) >= 11 is 6.25. The fourth-order valence-corrected chi connectivity index (χ4v) is 3.20. The van der Waals surface area contributed by atoms with Gasteiger partial charge in [0.15, 0.2) is 0 Å². The van der Waals surface area contributed by atoms with Gasteiger partial charge in [0.05, 0.1) is 0 Å². The van der Waals surface area contributed by atoms with Crippen molar-refractivity contribution in [3.63, 3.8) is 0 Å². The van der Waals surface area contributed by atoms with Crippen LogP contribution in [0.3, 0.4) is 0 Å². The Morgan fingerprint density at radius 1 is 1.42 bits per heavy atom. The van der Waals surface area contributed by atoms with Gasteiger partial charge in [-0.1, -0.05) is 18.5 Å². The van der Waals surface area contributed by atoms with Crippen molar-refractivity contribution < 1.29 is 0 Å². The van der Waals surface area contributed by atoms with Gasteiger partial charge in [-0.25, -0.2) is 0 Å². The second kappa shape index (κ2) is 4.63. The Morgan fingerprint density at radius 2 is 2.21 bits per heavy atom. The zero-order chi connectivity index (χ0) is 13.6. The molecule has 1 aliphatic heterocycles. The number of hydrogen-bond acceptors (Lipinski definition) is 4. The highest BCUT2D eigenvalue weighted by Gasteiger charge is 2.33. The fourth-order valence-electron chi connectivity index (χ4n) is 3.04. The van der Waals surface area contributed by atoms with Crippen LogP contribution >= 0.6 is 11.6 Å². The molecule has 0 N–H and O–H groups in total.